The van der Waals surface area contributed by atoms with Gasteiger partial charge in [-0.05, 0) is 48.0 Å². The summed E-state index contributed by atoms with van der Waals surface area (Å²) in [6.07, 6.45) is 0. The quantitative estimate of drug-likeness (QED) is 0.552. The molecule has 1 aliphatic heterocycles. The van der Waals surface area contributed by atoms with Gasteiger partial charge in [0.05, 0.1) is 18.1 Å². The third-order valence-corrected chi connectivity index (χ3v) is 7.15. The Morgan fingerprint density at radius 2 is 1.61 bits per heavy atom. The van der Waals surface area contributed by atoms with Crippen molar-refractivity contribution in [3.8, 4) is 0 Å². The normalized spacial score (nSPS) is 15.5. The zero-order chi connectivity index (χ0) is 23.3. The van der Waals surface area contributed by atoms with Crippen molar-refractivity contribution in [2.24, 2.45) is 0 Å². The van der Waals surface area contributed by atoms with E-state index in [1.54, 1.807) is 24.3 Å². The van der Waals surface area contributed by atoms with E-state index < -0.39 is 21.9 Å². The summed E-state index contributed by atoms with van der Waals surface area (Å²) in [6, 6.07) is 20.1. The van der Waals surface area contributed by atoms with E-state index in [2.05, 4.69) is 10.6 Å². The number of carbonyl (C=O) groups excluding carboxylic acids is 1. The van der Waals surface area contributed by atoms with Crippen molar-refractivity contribution in [2.45, 2.75) is 10.9 Å². The lowest BCUT2D eigenvalue weighted by Crippen LogP contribution is -2.40. The van der Waals surface area contributed by atoms with Crippen LogP contribution in [-0.2, 0) is 19.6 Å². The molecule has 7 nitrogen and oxygen atoms in total. The van der Waals surface area contributed by atoms with Crippen molar-refractivity contribution in [3.63, 3.8) is 0 Å². The Labute approximate surface area is 192 Å². The predicted octanol–water partition coefficient (Wildman–Crippen LogP) is 3.64. The van der Waals surface area contributed by atoms with Crippen LogP contribution in [0.5, 0.6) is 0 Å². The minimum atomic E-state index is -3.68. The molecule has 0 bridgehead atoms. The van der Waals surface area contributed by atoms with E-state index in [1.165, 1.54) is 40.7 Å². The molecule has 1 unspecified atom stereocenters. The van der Waals surface area contributed by atoms with Gasteiger partial charge < -0.3 is 15.4 Å². The molecule has 3 aromatic carbocycles. The van der Waals surface area contributed by atoms with Gasteiger partial charge in [-0.3, -0.25) is 4.79 Å². The highest BCUT2D eigenvalue weighted by molar-refractivity contribution is 7.89. The zero-order valence-electron chi connectivity index (χ0n) is 17.8. The standard InChI is InChI=1S/C24H24FN3O4S/c25-19-9-11-20(12-10-19)27-24(29)23(18-5-2-1-3-6-18)26-21-7-4-8-22(17-21)33(30,31)28-13-15-32-16-14-28/h1-12,17,23,26H,13-16H2,(H,27,29). The lowest BCUT2D eigenvalue weighted by molar-refractivity contribution is -0.117. The lowest BCUT2D eigenvalue weighted by atomic mass is 10.1. The van der Waals surface area contributed by atoms with Gasteiger partial charge in [0.25, 0.3) is 5.91 Å². The van der Waals surface area contributed by atoms with Crippen LogP contribution in [-0.4, -0.2) is 44.9 Å². The molecule has 1 amide bonds. The molecule has 1 saturated heterocycles. The van der Waals surface area contributed by atoms with Crippen LogP contribution < -0.4 is 10.6 Å². The molecule has 0 aromatic heterocycles. The van der Waals surface area contributed by atoms with Crippen molar-refractivity contribution >= 4 is 27.3 Å². The summed E-state index contributed by atoms with van der Waals surface area (Å²) in [5, 5.41) is 5.92. The summed E-state index contributed by atoms with van der Waals surface area (Å²) in [7, 11) is -3.68. The number of halogens is 1. The molecule has 1 fully saturated rings. The van der Waals surface area contributed by atoms with Crippen LogP contribution in [0.15, 0.2) is 83.8 Å². The number of nitrogens with one attached hydrogen (secondary N) is 2. The molecule has 0 radical (unpaired) electrons. The number of ether oxygens (including phenoxy) is 1. The fourth-order valence-corrected chi connectivity index (χ4v) is 5.00. The molecule has 1 atom stereocenters. The maximum atomic E-state index is 13.2. The Morgan fingerprint density at radius 1 is 0.909 bits per heavy atom. The van der Waals surface area contributed by atoms with Crippen molar-refractivity contribution in [1.29, 1.82) is 0 Å². The van der Waals surface area contributed by atoms with Crippen LogP contribution in [0.1, 0.15) is 11.6 Å². The Hall–Kier alpha value is -3.27. The smallest absolute Gasteiger partial charge is 0.251 e. The zero-order valence-corrected chi connectivity index (χ0v) is 18.6. The van der Waals surface area contributed by atoms with Gasteiger partial charge in [-0.2, -0.15) is 4.31 Å². The number of amides is 1. The van der Waals surface area contributed by atoms with E-state index in [1.807, 2.05) is 18.2 Å². The Morgan fingerprint density at radius 3 is 2.30 bits per heavy atom. The fraction of sp³-hybridized carbons (Fsp3) is 0.208. The van der Waals surface area contributed by atoms with Gasteiger partial charge in [-0.25, -0.2) is 12.8 Å². The molecule has 172 valence electrons. The molecular weight excluding hydrogens is 445 g/mol. The molecule has 1 heterocycles. The SMILES string of the molecule is O=C(Nc1ccc(F)cc1)C(Nc1cccc(S(=O)(=O)N2CCOCC2)c1)c1ccccc1. The molecule has 33 heavy (non-hydrogen) atoms. The molecule has 3 aromatic rings. The summed E-state index contributed by atoms with van der Waals surface area (Å²) < 4.78 is 45.9. The summed E-state index contributed by atoms with van der Waals surface area (Å²) in [4.78, 5) is 13.3. The second-order valence-corrected chi connectivity index (χ2v) is 9.47. The number of rotatable bonds is 7. The second-order valence-electron chi connectivity index (χ2n) is 7.53. The van der Waals surface area contributed by atoms with Crippen molar-refractivity contribution in [1.82, 2.24) is 4.31 Å². The molecule has 0 aliphatic carbocycles. The monoisotopic (exact) mass is 469 g/mol. The summed E-state index contributed by atoms with van der Waals surface area (Å²) in [5.41, 5.74) is 1.62. The number of sulfonamides is 1. The molecular formula is C24H24FN3O4S. The lowest BCUT2D eigenvalue weighted by Gasteiger charge is -2.26. The number of nitrogens with zero attached hydrogens (tertiary/aromatic N) is 1. The van der Waals surface area contributed by atoms with Gasteiger partial charge >= 0.3 is 0 Å². The highest BCUT2D eigenvalue weighted by atomic mass is 32.2. The van der Waals surface area contributed by atoms with Crippen molar-refractivity contribution in [3.05, 3.63) is 90.2 Å². The molecule has 4 rings (SSSR count). The van der Waals surface area contributed by atoms with Crippen molar-refractivity contribution < 1.29 is 22.3 Å². The van der Waals surface area contributed by atoms with Crippen LogP contribution in [0.2, 0.25) is 0 Å². The molecule has 0 saturated carbocycles. The third kappa shape index (κ3) is 5.57. The van der Waals surface area contributed by atoms with E-state index >= 15 is 0 Å². The highest BCUT2D eigenvalue weighted by Gasteiger charge is 2.27. The largest absolute Gasteiger partial charge is 0.379 e. The maximum Gasteiger partial charge on any atom is 0.251 e. The number of hydrogen-bond acceptors (Lipinski definition) is 5. The first-order valence-electron chi connectivity index (χ1n) is 10.5. The first kappa shape index (κ1) is 22.9. The van der Waals surface area contributed by atoms with E-state index in [0.717, 1.165) is 0 Å². The van der Waals surface area contributed by atoms with Gasteiger partial charge in [0.1, 0.15) is 11.9 Å². The number of morpholine rings is 1. The van der Waals surface area contributed by atoms with Crippen LogP contribution in [0, 0.1) is 5.82 Å². The minimum absolute atomic E-state index is 0.139. The highest BCUT2D eigenvalue weighted by Crippen LogP contribution is 2.25. The van der Waals surface area contributed by atoms with Gasteiger partial charge in [-0.1, -0.05) is 36.4 Å². The van der Waals surface area contributed by atoms with Crippen LogP contribution in [0.4, 0.5) is 15.8 Å². The first-order valence-corrected chi connectivity index (χ1v) is 11.9. The summed E-state index contributed by atoms with van der Waals surface area (Å²) in [6.45, 7) is 1.31. The number of carbonyl (C=O) groups is 1. The number of hydrogen-bond donors (Lipinski definition) is 2. The molecule has 1 aliphatic rings. The first-order chi connectivity index (χ1) is 15.9. The Balaban J connectivity index is 1.59. The van der Waals surface area contributed by atoms with Crippen LogP contribution in [0.25, 0.3) is 0 Å². The average Bonchev–Trinajstić information content (AvgIpc) is 2.85. The number of benzene rings is 3. The topological polar surface area (TPSA) is 87.7 Å². The van der Waals surface area contributed by atoms with Gasteiger partial charge in [-0.15, -0.1) is 0 Å². The van der Waals surface area contributed by atoms with Crippen LogP contribution >= 0.6 is 0 Å². The van der Waals surface area contributed by atoms with Crippen molar-refractivity contribution in [2.75, 3.05) is 36.9 Å². The minimum Gasteiger partial charge on any atom is -0.379 e. The van der Waals surface area contributed by atoms with E-state index in [0.29, 0.717) is 43.2 Å². The van der Waals surface area contributed by atoms with E-state index in [9.17, 15) is 17.6 Å². The maximum absolute atomic E-state index is 13.2. The third-order valence-electron chi connectivity index (χ3n) is 5.26. The van der Waals surface area contributed by atoms with Gasteiger partial charge in [0, 0.05) is 24.5 Å². The molecule has 0 spiro atoms. The van der Waals surface area contributed by atoms with Crippen LogP contribution in [0.3, 0.4) is 0 Å². The fourth-order valence-electron chi connectivity index (χ4n) is 3.54. The van der Waals surface area contributed by atoms with Gasteiger partial charge in [0.2, 0.25) is 10.0 Å². The molecule has 2 N–H and O–H groups in total. The molecule has 9 heteroatoms. The average molecular weight is 470 g/mol. The summed E-state index contributed by atoms with van der Waals surface area (Å²) in [5.74, 6) is -0.765. The predicted molar refractivity (Wildman–Crippen MR) is 124 cm³/mol. The summed E-state index contributed by atoms with van der Waals surface area (Å²) >= 11 is 0. The Kier molecular flexibility index (Phi) is 7.02. The van der Waals surface area contributed by atoms with E-state index in [-0.39, 0.29) is 10.8 Å². The van der Waals surface area contributed by atoms with E-state index in [4.69, 9.17) is 4.74 Å². The second kappa shape index (κ2) is 10.1. The number of anilines is 2. The Bertz CT molecular complexity index is 1200. The van der Waals surface area contributed by atoms with Gasteiger partial charge in [0.15, 0.2) is 0 Å².